The van der Waals surface area contributed by atoms with Crippen molar-refractivity contribution in [2.75, 3.05) is 19.7 Å². The molecule has 0 aliphatic carbocycles. The molecule has 0 spiro atoms. The number of rotatable bonds is 8. The number of hydrogen-bond acceptors (Lipinski definition) is 3. The summed E-state index contributed by atoms with van der Waals surface area (Å²) < 4.78 is 6.40. The maximum absolute atomic E-state index is 11.4. The van der Waals surface area contributed by atoms with Crippen LogP contribution in [0.2, 0.25) is 0 Å². The molecule has 0 heterocycles. The molecule has 6 heteroatoms. The average Bonchev–Trinajstić information content (AvgIpc) is 2.37. The Hall–Kier alpha value is -0.780. The molecule has 0 saturated carbocycles. The van der Waals surface area contributed by atoms with Crippen LogP contribution >= 0.6 is 28.3 Å². The number of benzene rings is 1. The van der Waals surface area contributed by atoms with Crippen molar-refractivity contribution in [2.45, 2.75) is 19.3 Å². The smallest absolute Gasteiger partial charge is 0.223 e. The van der Waals surface area contributed by atoms with E-state index in [9.17, 15) is 4.79 Å². The Bertz CT molecular complexity index is 377. The van der Waals surface area contributed by atoms with Gasteiger partial charge in [-0.05, 0) is 47.4 Å². The standard InChI is InChI=1S/C13H19BrN2O2.ClH/c14-11-5-1-2-6-12(11)18-10-7-13(17)16-9-4-3-8-15;/h1-2,5-6H,3-4,7-10,15H2,(H,16,17);1H. The van der Waals surface area contributed by atoms with E-state index in [-0.39, 0.29) is 18.3 Å². The van der Waals surface area contributed by atoms with Crippen LogP contribution in [0.5, 0.6) is 5.75 Å². The Labute approximate surface area is 128 Å². The molecule has 0 saturated heterocycles. The van der Waals surface area contributed by atoms with Crippen LogP contribution in [0.1, 0.15) is 19.3 Å². The van der Waals surface area contributed by atoms with Gasteiger partial charge in [-0.1, -0.05) is 12.1 Å². The maximum atomic E-state index is 11.4. The molecule has 0 aliphatic heterocycles. The number of amides is 1. The highest BCUT2D eigenvalue weighted by molar-refractivity contribution is 9.10. The molecule has 108 valence electrons. The lowest BCUT2D eigenvalue weighted by atomic mass is 10.3. The molecule has 3 N–H and O–H groups in total. The van der Waals surface area contributed by atoms with E-state index < -0.39 is 0 Å². The molecule has 1 aromatic rings. The van der Waals surface area contributed by atoms with E-state index >= 15 is 0 Å². The van der Waals surface area contributed by atoms with Crippen LogP contribution in [0.25, 0.3) is 0 Å². The van der Waals surface area contributed by atoms with Crippen LogP contribution in [0, 0.1) is 0 Å². The fraction of sp³-hybridized carbons (Fsp3) is 0.462. The van der Waals surface area contributed by atoms with E-state index in [1.54, 1.807) is 0 Å². The van der Waals surface area contributed by atoms with Gasteiger partial charge in [0, 0.05) is 6.54 Å². The average molecular weight is 352 g/mol. The van der Waals surface area contributed by atoms with E-state index in [0.717, 1.165) is 23.1 Å². The van der Waals surface area contributed by atoms with E-state index in [2.05, 4.69) is 21.2 Å². The largest absolute Gasteiger partial charge is 0.492 e. The Morgan fingerprint density at radius 1 is 1.32 bits per heavy atom. The number of hydrogen-bond donors (Lipinski definition) is 2. The lowest BCUT2D eigenvalue weighted by Gasteiger charge is -2.08. The third-order valence-electron chi connectivity index (χ3n) is 2.38. The van der Waals surface area contributed by atoms with Gasteiger partial charge in [0.05, 0.1) is 17.5 Å². The normalized spacial score (nSPS) is 9.58. The molecule has 0 radical (unpaired) electrons. The Morgan fingerprint density at radius 3 is 2.74 bits per heavy atom. The number of halogens is 2. The first-order valence-electron chi connectivity index (χ1n) is 6.08. The third kappa shape index (κ3) is 8.08. The zero-order valence-corrected chi connectivity index (χ0v) is 13.1. The second-order valence-corrected chi connectivity index (χ2v) is 4.73. The molecular weight excluding hydrogens is 332 g/mol. The van der Waals surface area contributed by atoms with Crippen molar-refractivity contribution in [3.63, 3.8) is 0 Å². The molecule has 0 unspecified atom stereocenters. The van der Waals surface area contributed by atoms with Crippen molar-refractivity contribution in [3.05, 3.63) is 28.7 Å². The molecule has 0 fully saturated rings. The first-order valence-corrected chi connectivity index (χ1v) is 6.87. The van der Waals surface area contributed by atoms with Crippen molar-refractivity contribution in [1.29, 1.82) is 0 Å². The molecule has 0 atom stereocenters. The van der Waals surface area contributed by atoms with Gasteiger partial charge in [0.1, 0.15) is 5.75 Å². The molecule has 0 aromatic heterocycles. The van der Waals surface area contributed by atoms with Crippen molar-refractivity contribution in [1.82, 2.24) is 5.32 Å². The molecule has 0 aliphatic rings. The molecule has 1 aromatic carbocycles. The quantitative estimate of drug-likeness (QED) is 0.707. The SMILES string of the molecule is Cl.NCCCCNC(=O)CCOc1ccccc1Br. The van der Waals surface area contributed by atoms with Crippen molar-refractivity contribution in [2.24, 2.45) is 5.73 Å². The van der Waals surface area contributed by atoms with Gasteiger partial charge in [-0.25, -0.2) is 0 Å². The van der Waals surface area contributed by atoms with Gasteiger partial charge >= 0.3 is 0 Å². The van der Waals surface area contributed by atoms with Gasteiger partial charge in [0.15, 0.2) is 0 Å². The van der Waals surface area contributed by atoms with Crippen LogP contribution in [0.15, 0.2) is 28.7 Å². The van der Waals surface area contributed by atoms with Gasteiger partial charge in [0.25, 0.3) is 0 Å². The molecule has 1 amide bonds. The van der Waals surface area contributed by atoms with Gasteiger partial charge in [0.2, 0.25) is 5.91 Å². The number of carbonyl (C=O) groups excluding carboxylic acids is 1. The predicted octanol–water partition coefficient (Wildman–Crippen LogP) is 2.49. The fourth-order valence-electron chi connectivity index (χ4n) is 1.40. The molecular formula is C13H20BrClN2O2. The number of unbranched alkanes of at least 4 members (excludes halogenated alkanes) is 1. The lowest BCUT2D eigenvalue weighted by Crippen LogP contribution is -2.26. The summed E-state index contributed by atoms with van der Waals surface area (Å²) in [4.78, 5) is 11.4. The number of ether oxygens (including phenoxy) is 1. The summed E-state index contributed by atoms with van der Waals surface area (Å²) in [6.07, 6.45) is 2.23. The Morgan fingerprint density at radius 2 is 2.05 bits per heavy atom. The minimum Gasteiger partial charge on any atom is -0.492 e. The molecule has 19 heavy (non-hydrogen) atoms. The maximum Gasteiger partial charge on any atom is 0.223 e. The molecule has 4 nitrogen and oxygen atoms in total. The second-order valence-electron chi connectivity index (χ2n) is 3.87. The Kier molecular flexibility index (Phi) is 10.6. The first kappa shape index (κ1) is 18.2. The zero-order valence-electron chi connectivity index (χ0n) is 10.7. The van der Waals surface area contributed by atoms with Crippen molar-refractivity contribution in [3.8, 4) is 5.75 Å². The molecule has 1 rings (SSSR count). The summed E-state index contributed by atoms with van der Waals surface area (Å²) in [6, 6.07) is 7.58. The number of para-hydroxylation sites is 1. The fourth-order valence-corrected chi connectivity index (χ4v) is 1.80. The topological polar surface area (TPSA) is 64.3 Å². The number of nitrogens with two attached hydrogens (primary N) is 1. The molecule has 0 bridgehead atoms. The summed E-state index contributed by atoms with van der Waals surface area (Å²) >= 11 is 3.39. The van der Waals surface area contributed by atoms with Gasteiger partial charge in [-0.2, -0.15) is 0 Å². The summed E-state index contributed by atoms with van der Waals surface area (Å²) in [6.45, 7) is 1.73. The third-order valence-corrected chi connectivity index (χ3v) is 3.03. The summed E-state index contributed by atoms with van der Waals surface area (Å²) in [7, 11) is 0. The van der Waals surface area contributed by atoms with Gasteiger partial charge < -0.3 is 15.8 Å². The van der Waals surface area contributed by atoms with Crippen LogP contribution in [-0.4, -0.2) is 25.6 Å². The Balaban J connectivity index is 0.00000324. The second kappa shape index (κ2) is 11.1. The number of nitrogens with one attached hydrogen (secondary N) is 1. The summed E-state index contributed by atoms with van der Waals surface area (Å²) in [5.74, 6) is 0.771. The van der Waals surface area contributed by atoms with E-state index in [1.165, 1.54) is 0 Å². The van der Waals surface area contributed by atoms with E-state index in [4.69, 9.17) is 10.5 Å². The highest BCUT2D eigenvalue weighted by Gasteiger charge is 2.03. The van der Waals surface area contributed by atoms with Crippen LogP contribution in [0.4, 0.5) is 0 Å². The zero-order chi connectivity index (χ0) is 13.2. The minimum absolute atomic E-state index is 0. The van der Waals surface area contributed by atoms with E-state index in [1.807, 2.05) is 24.3 Å². The van der Waals surface area contributed by atoms with Crippen LogP contribution < -0.4 is 15.8 Å². The van der Waals surface area contributed by atoms with Gasteiger partial charge in [-0.15, -0.1) is 12.4 Å². The van der Waals surface area contributed by atoms with Crippen molar-refractivity contribution >= 4 is 34.2 Å². The highest BCUT2D eigenvalue weighted by Crippen LogP contribution is 2.23. The van der Waals surface area contributed by atoms with Crippen LogP contribution in [-0.2, 0) is 4.79 Å². The predicted molar refractivity (Wildman–Crippen MR) is 82.8 cm³/mol. The van der Waals surface area contributed by atoms with Crippen LogP contribution in [0.3, 0.4) is 0 Å². The summed E-state index contributed by atoms with van der Waals surface area (Å²) in [5, 5.41) is 2.83. The van der Waals surface area contributed by atoms with Gasteiger partial charge in [-0.3, -0.25) is 4.79 Å². The highest BCUT2D eigenvalue weighted by atomic mass is 79.9. The summed E-state index contributed by atoms with van der Waals surface area (Å²) in [5.41, 5.74) is 5.37. The minimum atomic E-state index is 0. The lowest BCUT2D eigenvalue weighted by molar-refractivity contribution is -0.121. The van der Waals surface area contributed by atoms with Crippen molar-refractivity contribution < 1.29 is 9.53 Å². The first-order chi connectivity index (χ1) is 8.74. The number of carbonyl (C=O) groups is 1. The monoisotopic (exact) mass is 350 g/mol. The van der Waals surface area contributed by atoms with E-state index in [0.29, 0.717) is 26.1 Å².